The number of aromatic nitrogens is 4. The minimum Gasteiger partial charge on any atom is -0.394 e. The van der Waals surface area contributed by atoms with E-state index in [1.165, 1.54) is 23.6 Å². The summed E-state index contributed by atoms with van der Waals surface area (Å²) < 4.78 is 12.9. The van der Waals surface area contributed by atoms with Crippen LogP contribution in [0, 0.1) is 0 Å². The van der Waals surface area contributed by atoms with Crippen LogP contribution in [0.3, 0.4) is 0 Å². The van der Waals surface area contributed by atoms with E-state index in [1.54, 1.807) is 11.1 Å². The largest absolute Gasteiger partial charge is 0.394 e. The molecular formula is C33H37N8O8+. The van der Waals surface area contributed by atoms with Crippen LogP contribution >= 0.6 is 0 Å². The van der Waals surface area contributed by atoms with Crippen molar-refractivity contribution in [3.8, 4) is 0 Å². The Morgan fingerprint density at radius 1 is 0.959 bits per heavy atom. The summed E-state index contributed by atoms with van der Waals surface area (Å²) in [5.74, 6) is 0.547. The lowest BCUT2D eigenvalue weighted by molar-refractivity contribution is -0.133. The molecule has 0 radical (unpaired) electrons. The fourth-order valence-electron chi connectivity index (χ4n) is 6.61. The highest BCUT2D eigenvalue weighted by Crippen LogP contribution is 2.49. The summed E-state index contributed by atoms with van der Waals surface area (Å²) in [6.07, 6.45) is -2.25. The molecule has 49 heavy (non-hydrogen) atoms. The summed E-state index contributed by atoms with van der Waals surface area (Å²) in [5, 5.41) is 55.3. The number of rotatable bonds is 9. The maximum Gasteiger partial charge on any atom is 0.338 e. The minimum absolute atomic E-state index is 0.0285. The second kappa shape index (κ2) is 13.3. The molecule has 3 aliphatic heterocycles. The number of carbonyl (C=O) groups is 1. The van der Waals surface area contributed by atoms with Gasteiger partial charge in [0.2, 0.25) is 18.8 Å². The van der Waals surface area contributed by atoms with Gasteiger partial charge in [-0.05, 0) is 31.2 Å². The van der Waals surface area contributed by atoms with Crippen LogP contribution in [0.25, 0.3) is 0 Å². The number of aliphatic imine (C=N–C) groups is 1. The zero-order chi connectivity index (χ0) is 34.3. The first kappa shape index (κ1) is 32.9. The number of quaternary nitrogens is 1. The molecule has 4 aromatic rings. The van der Waals surface area contributed by atoms with Crippen molar-refractivity contribution in [2.75, 3.05) is 23.4 Å². The molecule has 6 N–H and O–H groups in total. The fourth-order valence-corrected chi connectivity index (χ4v) is 6.61. The molecule has 0 spiro atoms. The van der Waals surface area contributed by atoms with Gasteiger partial charge in [0.1, 0.15) is 31.0 Å². The van der Waals surface area contributed by atoms with Crippen LogP contribution in [0.5, 0.6) is 0 Å². The number of benzene rings is 2. The second-order valence-corrected chi connectivity index (χ2v) is 12.2. The number of nitrogens with zero attached hydrogens (tertiary/aromatic N) is 7. The van der Waals surface area contributed by atoms with Gasteiger partial charge in [-0.25, -0.2) is 14.8 Å². The maximum absolute atomic E-state index is 13.9. The average molecular weight is 674 g/mol. The molecule has 1 amide bonds. The van der Waals surface area contributed by atoms with Gasteiger partial charge in [0.05, 0.1) is 48.8 Å². The second-order valence-electron chi connectivity index (χ2n) is 12.2. The van der Waals surface area contributed by atoms with E-state index in [4.69, 9.17) is 9.47 Å². The van der Waals surface area contributed by atoms with Crippen LogP contribution in [0.1, 0.15) is 25.1 Å². The molecule has 2 fully saturated rings. The van der Waals surface area contributed by atoms with Gasteiger partial charge in [-0.15, -0.1) is 0 Å². The van der Waals surface area contributed by atoms with E-state index >= 15 is 0 Å². The molecule has 256 valence electrons. The van der Waals surface area contributed by atoms with E-state index in [9.17, 15) is 30.3 Å². The number of anilines is 3. The molecule has 0 aliphatic carbocycles. The Bertz CT molecular complexity index is 1770. The van der Waals surface area contributed by atoms with Gasteiger partial charge in [0, 0.05) is 6.20 Å². The number of ether oxygens (including phenoxy) is 2. The van der Waals surface area contributed by atoms with Gasteiger partial charge in [-0.3, -0.25) is 9.47 Å². The molecule has 0 saturated carbocycles. The highest BCUT2D eigenvalue weighted by atomic mass is 16.6. The summed E-state index contributed by atoms with van der Waals surface area (Å²) in [7, 11) is 0. The number of imidazole rings is 1. The van der Waals surface area contributed by atoms with E-state index < -0.39 is 66.7 Å². The van der Waals surface area contributed by atoms with Crippen molar-refractivity contribution in [2.45, 2.75) is 62.4 Å². The lowest BCUT2D eigenvalue weighted by Crippen LogP contribution is -2.65. The maximum atomic E-state index is 13.9. The predicted octanol–water partition coefficient (Wildman–Crippen LogP) is 1.54. The summed E-state index contributed by atoms with van der Waals surface area (Å²) >= 11 is 0. The lowest BCUT2D eigenvalue weighted by Gasteiger charge is -2.39. The molecule has 2 saturated heterocycles. The lowest BCUT2D eigenvalue weighted by atomic mass is 10.1. The standard InChI is InChI=1S/C33H37N8O8/c1-19(22-13-39(17-36-22)33(47)40(20-8-4-2-5-9-20)21-10-6-3-7-11-21)38-30-27-31(35-16-34-30)41(18-37-27,26-12-23(44)24(14-42)48-26)32-29(46)28(45)25(15-43)49-32/h2-11,13,16-19,23-26,28-29,32,42-46H,12,14-15H2,1H3,(H,34,35,38)/q+1/t19?,23-,24+,25+,26-,28+,29+,32+,41?/m0/s1. The third kappa shape index (κ3) is 5.67. The molecule has 9 atom stereocenters. The first-order chi connectivity index (χ1) is 23.8. The summed E-state index contributed by atoms with van der Waals surface area (Å²) in [6, 6.07) is 17.8. The van der Waals surface area contributed by atoms with E-state index in [-0.39, 0.29) is 24.0 Å². The van der Waals surface area contributed by atoms with Crippen molar-refractivity contribution in [3.05, 3.63) is 85.2 Å². The first-order valence-electron chi connectivity index (χ1n) is 15.9. The zero-order valence-corrected chi connectivity index (χ0v) is 26.4. The van der Waals surface area contributed by atoms with Crippen LogP contribution in [-0.2, 0) is 9.47 Å². The molecule has 2 aromatic heterocycles. The first-order valence-corrected chi connectivity index (χ1v) is 15.9. The highest BCUT2D eigenvalue weighted by molar-refractivity contribution is 6.00. The number of aliphatic hydroxyl groups is 5. The van der Waals surface area contributed by atoms with Crippen LogP contribution in [-0.4, -0.2) is 114 Å². The molecule has 2 unspecified atom stereocenters. The molecule has 5 heterocycles. The van der Waals surface area contributed by atoms with Crippen molar-refractivity contribution in [3.63, 3.8) is 0 Å². The summed E-state index contributed by atoms with van der Waals surface area (Å²) in [6.45, 7) is 0.839. The number of aliphatic hydroxyl groups excluding tert-OH is 5. The Morgan fingerprint density at radius 3 is 2.24 bits per heavy atom. The molecular weight excluding hydrogens is 636 g/mol. The molecule has 16 nitrogen and oxygen atoms in total. The smallest absolute Gasteiger partial charge is 0.338 e. The van der Waals surface area contributed by atoms with Gasteiger partial charge in [-0.2, -0.15) is 14.5 Å². The van der Waals surface area contributed by atoms with E-state index in [2.05, 4.69) is 25.3 Å². The topological polar surface area (TPSA) is 208 Å². The van der Waals surface area contributed by atoms with E-state index in [1.807, 2.05) is 67.6 Å². The molecule has 3 aliphatic rings. The van der Waals surface area contributed by atoms with Crippen LogP contribution < -0.4 is 14.7 Å². The Morgan fingerprint density at radius 2 is 1.63 bits per heavy atom. The Hall–Kier alpha value is -4.65. The predicted molar refractivity (Wildman–Crippen MR) is 176 cm³/mol. The van der Waals surface area contributed by atoms with Crippen molar-refractivity contribution in [1.29, 1.82) is 0 Å². The van der Waals surface area contributed by atoms with Crippen molar-refractivity contribution in [2.24, 2.45) is 4.99 Å². The Balaban J connectivity index is 1.18. The van der Waals surface area contributed by atoms with Crippen LogP contribution in [0.15, 0.2) is 84.5 Å². The summed E-state index contributed by atoms with van der Waals surface area (Å²) in [4.78, 5) is 33.5. The normalized spacial score (nSPS) is 29.6. The number of fused-ring (bicyclic) bond motifs is 1. The highest BCUT2D eigenvalue weighted by Gasteiger charge is 2.63. The Labute approximate surface area is 280 Å². The SMILES string of the molecule is CC(Nc1ncnc2c1N=C[N+]2([C@@H]1C[C@H](O)[C@@H](CO)O1)[C@@H]1O[C@H](CO)[C@@H](O)[C@H]1O)c1cn(C(=O)N(c2ccccc2)c2ccccc2)cn1. The molecule has 2 aromatic carbocycles. The van der Waals surface area contributed by atoms with Crippen molar-refractivity contribution >= 4 is 41.1 Å². The van der Waals surface area contributed by atoms with Gasteiger partial charge in [0.15, 0.2) is 17.6 Å². The van der Waals surface area contributed by atoms with Crippen LogP contribution in [0.4, 0.5) is 33.5 Å². The van der Waals surface area contributed by atoms with Gasteiger partial charge in [0.25, 0.3) is 5.82 Å². The molecule has 7 rings (SSSR count). The number of carbonyl (C=O) groups excluding carboxylic acids is 1. The molecule has 0 bridgehead atoms. The average Bonchev–Trinajstić information content (AvgIpc) is 3.92. The van der Waals surface area contributed by atoms with E-state index in [0.717, 1.165) is 0 Å². The number of hydrogen-bond donors (Lipinski definition) is 6. The van der Waals surface area contributed by atoms with E-state index in [0.29, 0.717) is 22.9 Å². The third-order valence-electron chi connectivity index (χ3n) is 9.19. The summed E-state index contributed by atoms with van der Waals surface area (Å²) in [5.41, 5.74) is 2.19. The fraction of sp³-hybridized carbons (Fsp3) is 0.364. The quantitative estimate of drug-likeness (QED) is 0.140. The number of amides is 1. The monoisotopic (exact) mass is 673 g/mol. The zero-order valence-electron chi connectivity index (χ0n) is 26.4. The van der Waals surface area contributed by atoms with Crippen molar-refractivity contribution in [1.82, 2.24) is 24.0 Å². The van der Waals surface area contributed by atoms with Gasteiger partial charge in [-0.1, -0.05) is 36.4 Å². The molecule has 16 heteroatoms. The Kier molecular flexibility index (Phi) is 8.95. The van der Waals surface area contributed by atoms with Gasteiger partial charge < -0.3 is 40.3 Å². The van der Waals surface area contributed by atoms with Crippen LogP contribution in [0.2, 0.25) is 0 Å². The minimum atomic E-state index is -1.48. The number of nitrogens with one attached hydrogen (secondary N) is 1. The number of para-hydroxylation sites is 2. The number of hydrogen-bond acceptors (Lipinski definition) is 13. The third-order valence-corrected chi connectivity index (χ3v) is 9.19. The van der Waals surface area contributed by atoms with Gasteiger partial charge >= 0.3 is 6.03 Å². The van der Waals surface area contributed by atoms with Crippen molar-refractivity contribution < 1.29 is 39.8 Å².